The summed E-state index contributed by atoms with van der Waals surface area (Å²) < 4.78 is 19.8. The first kappa shape index (κ1) is 12.5. The lowest BCUT2D eigenvalue weighted by Gasteiger charge is -2.44. The Morgan fingerprint density at radius 2 is 2.28 bits per heavy atom. The van der Waals surface area contributed by atoms with Gasteiger partial charge >= 0.3 is 0 Å². The van der Waals surface area contributed by atoms with Gasteiger partial charge in [-0.1, -0.05) is 18.2 Å². The zero-order chi connectivity index (χ0) is 12.4. The minimum absolute atomic E-state index is 0.0821. The van der Waals surface area contributed by atoms with Crippen LogP contribution in [0.15, 0.2) is 24.3 Å². The van der Waals surface area contributed by atoms with E-state index in [1.807, 2.05) is 23.9 Å². The lowest BCUT2D eigenvalue weighted by atomic mass is 9.97. The molecule has 0 aliphatic carbocycles. The maximum absolute atomic E-state index is 13.8. The average molecular weight is 267 g/mol. The minimum Gasteiger partial charge on any atom is -0.360 e. The summed E-state index contributed by atoms with van der Waals surface area (Å²) in [7, 11) is 0. The monoisotopic (exact) mass is 267 g/mol. The Morgan fingerprint density at radius 3 is 3.06 bits per heavy atom. The van der Waals surface area contributed by atoms with E-state index < -0.39 is 0 Å². The molecule has 18 heavy (non-hydrogen) atoms. The molecule has 1 aromatic carbocycles. The van der Waals surface area contributed by atoms with Gasteiger partial charge < -0.3 is 4.74 Å². The second kappa shape index (κ2) is 5.19. The van der Waals surface area contributed by atoms with Gasteiger partial charge in [0.15, 0.2) is 0 Å². The number of ether oxygens (including phenoxy) is 1. The lowest BCUT2D eigenvalue weighted by molar-refractivity contribution is -0.102. The van der Waals surface area contributed by atoms with Gasteiger partial charge in [-0.15, -0.1) is 0 Å². The zero-order valence-corrected chi connectivity index (χ0v) is 11.1. The lowest BCUT2D eigenvalue weighted by Crippen LogP contribution is -2.56. The molecule has 2 unspecified atom stereocenters. The molecule has 0 radical (unpaired) electrons. The predicted octanol–water partition coefficient (Wildman–Crippen LogP) is 3.10. The Balaban J connectivity index is 1.80. The summed E-state index contributed by atoms with van der Waals surface area (Å²) in [6.45, 7) is 0.715. The number of halogens is 1. The van der Waals surface area contributed by atoms with Crippen molar-refractivity contribution in [1.82, 2.24) is 5.32 Å². The van der Waals surface area contributed by atoms with Crippen LogP contribution < -0.4 is 5.32 Å². The van der Waals surface area contributed by atoms with Gasteiger partial charge in [0, 0.05) is 17.4 Å². The zero-order valence-electron chi connectivity index (χ0n) is 10.3. The predicted molar refractivity (Wildman–Crippen MR) is 72.1 cm³/mol. The van der Waals surface area contributed by atoms with E-state index in [-0.39, 0.29) is 17.6 Å². The van der Waals surface area contributed by atoms with Gasteiger partial charge in [0.2, 0.25) is 0 Å². The van der Waals surface area contributed by atoms with E-state index in [0.717, 1.165) is 24.2 Å². The molecule has 0 bridgehead atoms. The molecule has 1 aromatic rings. The van der Waals surface area contributed by atoms with E-state index in [1.165, 1.54) is 18.2 Å². The quantitative estimate of drug-likeness (QED) is 0.845. The Kier molecular flexibility index (Phi) is 3.59. The fourth-order valence-electron chi connectivity index (χ4n) is 2.79. The maximum atomic E-state index is 13.8. The van der Waals surface area contributed by atoms with Crippen LogP contribution in [0.1, 0.15) is 30.9 Å². The summed E-state index contributed by atoms with van der Waals surface area (Å²) >= 11 is 1.92. The van der Waals surface area contributed by atoms with Crippen LogP contribution in [0.25, 0.3) is 0 Å². The summed E-state index contributed by atoms with van der Waals surface area (Å²) in [5.41, 5.74) is 0.546. The summed E-state index contributed by atoms with van der Waals surface area (Å²) in [6.07, 6.45) is 3.04. The molecule has 0 amide bonds. The molecule has 2 saturated heterocycles. The van der Waals surface area contributed by atoms with E-state index in [2.05, 4.69) is 5.32 Å². The van der Waals surface area contributed by atoms with Gasteiger partial charge in [-0.05, 0) is 31.1 Å². The van der Waals surface area contributed by atoms with Crippen molar-refractivity contribution in [3.63, 3.8) is 0 Å². The highest BCUT2D eigenvalue weighted by molar-refractivity contribution is 7.99. The van der Waals surface area contributed by atoms with Crippen LogP contribution in [-0.4, -0.2) is 23.8 Å². The van der Waals surface area contributed by atoms with E-state index in [0.29, 0.717) is 6.61 Å². The molecule has 2 atom stereocenters. The van der Waals surface area contributed by atoms with Crippen molar-refractivity contribution in [1.29, 1.82) is 0 Å². The first-order valence-corrected chi connectivity index (χ1v) is 7.68. The van der Waals surface area contributed by atoms with Crippen molar-refractivity contribution in [3.8, 4) is 0 Å². The Morgan fingerprint density at radius 1 is 1.39 bits per heavy atom. The molecule has 2 nitrogen and oxygen atoms in total. The van der Waals surface area contributed by atoms with Crippen LogP contribution in [0.2, 0.25) is 0 Å². The molecular formula is C14H18FNOS. The largest absolute Gasteiger partial charge is 0.360 e. The SMILES string of the molecule is Fc1ccccc1C1CCOC2(CCCSC2)N1. The molecule has 2 heterocycles. The van der Waals surface area contributed by atoms with Gasteiger partial charge in [0.05, 0.1) is 6.61 Å². The third-order valence-electron chi connectivity index (χ3n) is 3.71. The highest BCUT2D eigenvalue weighted by Gasteiger charge is 2.39. The van der Waals surface area contributed by atoms with Gasteiger partial charge in [0.1, 0.15) is 11.5 Å². The van der Waals surface area contributed by atoms with Crippen LogP contribution in [0.3, 0.4) is 0 Å². The van der Waals surface area contributed by atoms with Crippen molar-refractivity contribution >= 4 is 11.8 Å². The molecule has 1 spiro atoms. The summed E-state index contributed by atoms with van der Waals surface area (Å²) in [5, 5.41) is 3.54. The van der Waals surface area contributed by atoms with Crippen LogP contribution in [0.4, 0.5) is 4.39 Å². The molecule has 2 fully saturated rings. The highest BCUT2D eigenvalue weighted by atomic mass is 32.2. The smallest absolute Gasteiger partial charge is 0.128 e. The molecular weight excluding hydrogens is 249 g/mol. The van der Waals surface area contributed by atoms with Crippen molar-refractivity contribution in [2.75, 3.05) is 18.1 Å². The normalized spacial score (nSPS) is 32.6. The Labute approximate surface area is 111 Å². The minimum atomic E-state index is -0.228. The van der Waals surface area contributed by atoms with E-state index in [4.69, 9.17) is 4.74 Å². The first-order valence-electron chi connectivity index (χ1n) is 6.53. The molecule has 98 valence electrons. The standard InChI is InChI=1S/C14H18FNOS/c15-12-5-2-1-4-11(12)13-6-8-17-14(16-13)7-3-9-18-10-14/h1-2,4-5,13,16H,3,6-10H2. The number of nitrogens with one attached hydrogen (secondary N) is 1. The molecule has 3 rings (SSSR count). The maximum Gasteiger partial charge on any atom is 0.128 e. The molecule has 4 heteroatoms. The number of benzene rings is 1. The summed E-state index contributed by atoms with van der Waals surface area (Å²) in [5.74, 6) is 2.06. The fourth-order valence-corrected chi connectivity index (χ4v) is 3.92. The topological polar surface area (TPSA) is 21.3 Å². The summed E-state index contributed by atoms with van der Waals surface area (Å²) in [6, 6.07) is 7.14. The third-order valence-corrected chi connectivity index (χ3v) is 4.96. The van der Waals surface area contributed by atoms with Gasteiger partial charge in [0.25, 0.3) is 0 Å². The Bertz CT molecular complexity index is 415. The van der Waals surface area contributed by atoms with Gasteiger partial charge in [-0.3, -0.25) is 5.32 Å². The van der Waals surface area contributed by atoms with E-state index in [1.54, 1.807) is 6.07 Å². The van der Waals surface area contributed by atoms with Crippen LogP contribution in [0, 0.1) is 5.82 Å². The third kappa shape index (κ3) is 2.42. The number of thioether (sulfide) groups is 1. The highest BCUT2D eigenvalue weighted by Crippen LogP contribution is 2.35. The van der Waals surface area contributed by atoms with Gasteiger partial charge in [-0.25, -0.2) is 4.39 Å². The second-order valence-electron chi connectivity index (χ2n) is 5.01. The van der Waals surface area contributed by atoms with E-state index >= 15 is 0 Å². The molecule has 2 aliphatic heterocycles. The first-order chi connectivity index (χ1) is 8.79. The molecule has 1 N–H and O–H groups in total. The average Bonchev–Trinajstić information content (AvgIpc) is 2.40. The number of hydrogen-bond acceptors (Lipinski definition) is 3. The second-order valence-corrected chi connectivity index (χ2v) is 6.11. The van der Waals surface area contributed by atoms with Crippen molar-refractivity contribution in [2.24, 2.45) is 0 Å². The van der Waals surface area contributed by atoms with Crippen molar-refractivity contribution in [2.45, 2.75) is 31.0 Å². The fraction of sp³-hybridized carbons (Fsp3) is 0.571. The van der Waals surface area contributed by atoms with Crippen molar-refractivity contribution in [3.05, 3.63) is 35.6 Å². The molecule has 2 aliphatic rings. The molecule has 0 aromatic heterocycles. The summed E-state index contributed by atoms with van der Waals surface area (Å²) in [4.78, 5) is 0. The number of rotatable bonds is 1. The van der Waals surface area contributed by atoms with Crippen LogP contribution in [-0.2, 0) is 4.74 Å². The van der Waals surface area contributed by atoms with E-state index in [9.17, 15) is 4.39 Å². The van der Waals surface area contributed by atoms with Gasteiger partial charge in [-0.2, -0.15) is 11.8 Å². The molecule has 0 saturated carbocycles. The van der Waals surface area contributed by atoms with Crippen LogP contribution in [0.5, 0.6) is 0 Å². The van der Waals surface area contributed by atoms with Crippen molar-refractivity contribution < 1.29 is 9.13 Å². The van der Waals surface area contributed by atoms with Crippen LogP contribution >= 0.6 is 11.8 Å². The Hall–Kier alpha value is -0.580. The number of hydrogen-bond donors (Lipinski definition) is 1.